The van der Waals surface area contributed by atoms with Crippen LogP contribution in [0.5, 0.6) is 0 Å². The van der Waals surface area contributed by atoms with Crippen LogP contribution in [0.1, 0.15) is 26.3 Å². The summed E-state index contributed by atoms with van der Waals surface area (Å²) in [4.78, 5) is 6.77. The number of para-hydroxylation sites is 1. The molecule has 3 N–H and O–H groups in total. The molecule has 0 unspecified atom stereocenters. The predicted octanol–water partition coefficient (Wildman–Crippen LogP) is 2.29. The highest BCUT2D eigenvalue weighted by Gasteiger charge is 2.19. The minimum Gasteiger partial charge on any atom is -0.389 e. The average molecular weight is 273 g/mol. The maximum atomic E-state index is 10.0. The Morgan fingerprint density at radius 1 is 1.30 bits per heavy atom. The Morgan fingerprint density at radius 3 is 2.60 bits per heavy atom. The molecule has 0 aliphatic carbocycles. The van der Waals surface area contributed by atoms with Crippen molar-refractivity contribution < 1.29 is 5.11 Å². The SMILES string of the molecule is CCN(CC(C)(C)O)c1cc(CN)c2ccccc2n1. The van der Waals surface area contributed by atoms with E-state index in [2.05, 4.69) is 11.8 Å². The molecule has 20 heavy (non-hydrogen) atoms. The number of anilines is 1. The molecular weight excluding hydrogens is 250 g/mol. The zero-order chi connectivity index (χ0) is 14.8. The molecule has 0 atom stereocenters. The number of aliphatic hydroxyl groups is 1. The van der Waals surface area contributed by atoms with Crippen LogP contribution in [0, 0.1) is 0 Å². The van der Waals surface area contributed by atoms with Gasteiger partial charge in [-0.2, -0.15) is 0 Å². The fourth-order valence-electron chi connectivity index (χ4n) is 2.38. The third-order valence-corrected chi connectivity index (χ3v) is 3.29. The van der Waals surface area contributed by atoms with Crippen molar-refractivity contribution in [1.82, 2.24) is 4.98 Å². The first-order chi connectivity index (χ1) is 9.44. The van der Waals surface area contributed by atoms with E-state index >= 15 is 0 Å². The molecule has 1 heterocycles. The van der Waals surface area contributed by atoms with Crippen LogP contribution in [0.3, 0.4) is 0 Å². The van der Waals surface area contributed by atoms with Crippen LogP contribution in [0.25, 0.3) is 10.9 Å². The molecule has 0 bridgehead atoms. The fourth-order valence-corrected chi connectivity index (χ4v) is 2.38. The monoisotopic (exact) mass is 273 g/mol. The van der Waals surface area contributed by atoms with Crippen molar-refractivity contribution in [3.8, 4) is 0 Å². The van der Waals surface area contributed by atoms with Crippen molar-refractivity contribution in [1.29, 1.82) is 0 Å². The Bertz CT molecular complexity index is 590. The lowest BCUT2D eigenvalue weighted by molar-refractivity contribution is 0.0874. The van der Waals surface area contributed by atoms with Crippen molar-refractivity contribution in [2.45, 2.75) is 32.9 Å². The second-order valence-electron chi connectivity index (χ2n) is 5.69. The van der Waals surface area contributed by atoms with Crippen molar-refractivity contribution in [3.05, 3.63) is 35.9 Å². The smallest absolute Gasteiger partial charge is 0.129 e. The lowest BCUT2D eigenvalue weighted by Crippen LogP contribution is -2.39. The quantitative estimate of drug-likeness (QED) is 0.877. The third-order valence-electron chi connectivity index (χ3n) is 3.29. The van der Waals surface area contributed by atoms with Gasteiger partial charge in [-0.3, -0.25) is 0 Å². The second-order valence-corrected chi connectivity index (χ2v) is 5.69. The number of nitrogens with two attached hydrogens (primary N) is 1. The lowest BCUT2D eigenvalue weighted by atomic mass is 10.1. The van der Waals surface area contributed by atoms with Crippen molar-refractivity contribution >= 4 is 16.7 Å². The molecule has 0 amide bonds. The molecule has 2 rings (SSSR count). The summed E-state index contributed by atoms with van der Waals surface area (Å²) in [5.41, 5.74) is 7.13. The fraction of sp³-hybridized carbons (Fsp3) is 0.438. The number of rotatable bonds is 5. The van der Waals surface area contributed by atoms with Gasteiger partial charge >= 0.3 is 0 Å². The molecule has 1 aromatic heterocycles. The van der Waals surface area contributed by atoms with Crippen LogP contribution in [0.4, 0.5) is 5.82 Å². The first-order valence-electron chi connectivity index (χ1n) is 7.00. The third kappa shape index (κ3) is 3.26. The van der Waals surface area contributed by atoms with E-state index in [9.17, 15) is 5.11 Å². The number of nitrogens with zero attached hydrogens (tertiary/aromatic N) is 2. The summed E-state index contributed by atoms with van der Waals surface area (Å²) in [5, 5.41) is 11.1. The minimum atomic E-state index is -0.758. The molecule has 108 valence electrons. The van der Waals surface area contributed by atoms with Crippen LogP contribution in [-0.2, 0) is 6.54 Å². The van der Waals surface area contributed by atoms with Crippen LogP contribution in [0.15, 0.2) is 30.3 Å². The number of hydrogen-bond donors (Lipinski definition) is 2. The van der Waals surface area contributed by atoms with Crippen LogP contribution < -0.4 is 10.6 Å². The molecule has 2 aromatic rings. The summed E-state index contributed by atoms with van der Waals surface area (Å²) >= 11 is 0. The molecule has 0 aliphatic heterocycles. The Kier molecular flexibility index (Phi) is 4.26. The van der Waals surface area contributed by atoms with E-state index in [0.29, 0.717) is 13.1 Å². The van der Waals surface area contributed by atoms with Gasteiger partial charge in [-0.15, -0.1) is 0 Å². The molecule has 0 aliphatic rings. The number of hydrogen-bond acceptors (Lipinski definition) is 4. The maximum absolute atomic E-state index is 10.0. The number of pyridine rings is 1. The van der Waals surface area contributed by atoms with E-state index in [4.69, 9.17) is 10.7 Å². The number of fused-ring (bicyclic) bond motifs is 1. The van der Waals surface area contributed by atoms with E-state index in [0.717, 1.165) is 28.8 Å². The molecule has 0 spiro atoms. The van der Waals surface area contributed by atoms with Gasteiger partial charge in [0, 0.05) is 25.0 Å². The summed E-state index contributed by atoms with van der Waals surface area (Å²) in [5.74, 6) is 0.869. The van der Waals surface area contributed by atoms with E-state index < -0.39 is 5.60 Å². The predicted molar refractivity (Wildman–Crippen MR) is 83.8 cm³/mol. The summed E-state index contributed by atoms with van der Waals surface area (Å²) in [6.45, 7) is 7.49. The van der Waals surface area contributed by atoms with Gasteiger partial charge in [0.2, 0.25) is 0 Å². The van der Waals surface area contributed by atoms with Crippen molar-refractivity contribution in [2.24, 2.45) is 5.73 Å². The van der Waals surface area contributed by atoms with Gasteiger partial charge in [-0.05, 0) is 38.5 Å². The second kappa shape index (κ2) is 5.77. The molecule has 0 radical (unpaired) electrons. The van der Waals surface area contributed by atoms with Gasteiger partial charge in [-0.1, -0.05) is 18.2 Å². The minimum absolute atomic E-state index is 0.482. The molecular formula is C16H23N3O. The average Bonchev–Trinajstić information content (AvgIpc) is 2.42. The molecule has 4 heteroatoms. The van der Waals surface area contributed by atoms with E-state index in [1.807, 2.05) is 30.3 Å². The zero-order valence-corrected chi connectivity index (χ0v) is 12.4. The first-order valence-corrected chi connectivity index (χ1v) is 7.00. The highest BCUT2D eigenvalue weighted by Crippen LogP contribution is 2.23. The van der Waals surface area contributed by atoms with E-state index in [1.54, 1.807) is 13.8 Å². The normalized spacial score (nSPS) is 11.8. The Labute approximate surface area is 120 Å². The van der Waals surface area contributed by atoms with Gasteiger partial charge in [0.1, 0.15) is 5.82 Å². The number of benzene rings is 1. The molecule has 1 aromatic carbocycles. The van der Waals surface area contributed by atoms with Gasteiger partial charge in [0.25, 0.3) is 0 Å². The van der Waals surface area contributed by atoms with Gasteiger partial charge in [0.05, 0.1) is 11.1 Å². The Balaban J connectivity index is 2.48. The standard InChI is InChI=1S/C16H23N3O/c1-4-19(11-16(2,3)20)15-9-12(10-17)13-7-5-6-8-14(13)18-15/h5-9,20H,4,10-11,17H2,1-3H3. The largest absolute Gasteiger partial charge is 0.389 e. The number of likely N-dealkylation sites (N-methyl/N-ethyl adjacent to an activating group) is 1. The van der Waals surface area contributed by atoms with Crippen LogP contribution >= 0.6 is 0 Å². The summed E-state index contributed by atoms with van der Waals surface area (Å²) in [6.07, 6.45) is 0. The Hall–Kier alpha value is -1.65. The van der Waals surface area contributed by atoms with E-state index in [1.165, 1.54) is 0 Å². The molecule has 4 nitrogen and oxygen atoms in total. The highest BCUT2D eigenvalue weighted by molar-refractivity contribution is 5.84. The van der Waals surface area contributed by atoms with Crippen LogP contribution in [-0.4, -0.2) is 28.8 Å². The van der Waals surface area contributed by atoms with Gasteiger partial charge < -0.3 is 15.7 Å². The maximum Gasteiger partial charge on any atom is 0.129 e. The molecule has 0 saturated carbocycles. The Morgan fingerprint density at radius 2 is 2.00 bits per heavy atom. The molecule has 0 fully saturated rings. The molecule has 0 saturated heterocycles. The summed E-state index contributed by atoms with van der Waals surface area (Å²) < 4.78 is 0. The first kappa shape index (κ1) is 14.8. The van der Waals surface area contributed by atoms with Gasteiger partial charge in [-0.25, -0.2) is 4.98 Å². The van der Waals surface area contributed by atoms with Crippen molar-refractivity contribution in [3.63, 3.8) is 0 Å². The van der Waals surface area contributed by atoms with E-state index in [-0.39, 0.29) is 0 Å². The summed E-state index contributed by atoms with van der Waals surface area (Å²) in [6, 6.07) is 10.0. The lowest BCUT2D eigenvalue weighted by Gasteiger charge is -2.29. The van der Waals surface area contributed by atoms with Crippen LogP contribution in [0.2, 0.25) is 0 Å². The topological polar surface area (TPSA) is 62.4 Å². The number of aromatic nitrogens is 1. The summed E-state index contributed by atoms with van der Waals surface area (Å²) in [7, 11) is 0. The van der Waals surface area contributed by atoms with Gasteiger partial charge in [0.15, 0.2) is 0 Å². The zero-order valence-electron chi connectivity index (χ0n) is 12.4. The highest BCUT2D eigenvalue weighted by atomic mass is 16.3. The van der Waals surface area contributed by atoms with Crippen molar-refractivity contribution in [2.75, 3.05) is 18.0 Å².